The summed E-state index contributed by atoms with van der Waals surface area (Å²) in [5, 5.41) is 3.80. The average Bonchev–Trinajstić information content (AvgIpc) is 3.41. The maximum Gasteiger partial charge on any atom is 0.328 e. The lowest BCUT2D eigenvalue weighted by molar-refractivity contribution is -0.143. The summed E-state index contributed by atoms with van der Waals surface area (Å²) in [6.07, 6.45) is 4.20. The van der Waals surface area contributed by atoms with Gasteiger partial charge in [0.15, 0.2) is 0 Å². The Hall–Kier alpha value is -4.78. The monoisotopic (exact) mass is 574 g/mol. The Labute approximate surface area is 253 Å². The van der Waals surface area contributed by atoms with Crippen LogP contribution in [0.25, 0.3) is 22.0 Å². The number of methoxy groups -OCH3 is 1. The third-order valence-electron chi connectivity index (χ3n) is 7.79. The first-order valence-corrected chi connectivity index (χ1v) is 14.6. The van der Waals surface area contributed by atoms with Crippen LogP contribution in [-0.4, -0.2) is 39.6 Å². The maximum atomic E-state index is 13.5. The molecule has 0 spiro atoms. The highest BCUT2D eigenvalue weighted by Crippen LogP contribution is 2.36. The SMILES string of the molecule is COC(=O)C(CC(C)C)NC(=O)c1cc(-c2cccc(C)c2)c2cc(C(c3ccc(C)cc3)c3cncn3C)ccc2n1. The number of aryl methyl sites for hydroxylation is 3. The maximum absolute atomic E-state index is 13.5. The third-order valence-corrected chi connectivity index (χ3v) is 7.79. The first-order valence-electron chi connectivity index (χ1n) is 14.6. The second-order valence-electron chi connectivity index (χ2n) is 11.7. The molecule has 0 saturated carbocycles. The summed E-state index contributed by atoms with van der Waals surface area (Å²) in [6, 6.07) is 24.1. The van der Waals surface area contributed by atoms with Crippen molar-refractivity contribution in [2.45, 2.75) is 46.1 Å². The Morgan fingerprint density at radius 1 is 0.930 bits per heavy atom. The Morgan fingerprint density at radius 2 is 1.67 bits per heavy atom. The number of benzene rings is 3. The minimum atomic E-state index is -0.756. The van der Waals surface area contributed by atoms with E-state index < -0.39 is 17.9 Å². The van der Waals surface area contributed by atoms with Gasteiger partial charge < -0.3 is 14.6 Å². The molecule has 0 radical (unpaired) electrons. The highest BCUT2D eigenvalue weighted by atomic mass is 16.5. The van der Waals surface area contributed by atoms with Gasteiger partial charge >= 0.3 is 5.97 Å². The van der Waals surface area contributed by atoms with Crippen LogP contribution in [0.3, 0.4) is 0 Å². The van der Waals surface area contributed by atoms with E-state index in [1.807, 2.05) is 57.7 Å². The number of nitrogens with zero attached hydrogens (tertiary/aromatic N) is 3. The molecule has 0 aliphatic rings. The van der Waals surface area contributed by atoms with Crippen molar-refractivity contribution >= 4 is 22.8 Å². The summed E-state index contributed by atoms with van der Waals surface area (Å²) >= 11 is 0. The first-order chi connectivity index (χ1) is 20.6. The van der Waals surface area contributed by atoms with Crippen LogP contribution in [0.2, 0.25) is 0 Å². The van der Waals surface area contributed by atoms with E-state index in [2.05, 4.69) is 77.2 Å². The van der Waals surface area contributed by atoms with Gasteiger partial charge in [-0.05, 0) is 66.6 Å². The van der Waals surface area contributed by atoms with Gasteiger partial charge in [0.05, 0.1) is 24.9 Å². The fraction of sp³-hybridized carbons (Fsp3) is 0.278. The molecule has 1 N–H and O–H groups in total. The molecule has 2 aromatic heterocycles. The van der Waals surface area contributed by atoms with Crippen LogP contribution in [0.1, 0.15) is 64.6 Å². The van der Waals surface area contributed by atoms with E-state index in [1.165, 1.54) is 12.7 Å². The molecule has 1 amide bonds. The molecule has 0 fully saturated rings. The molecule has 2 atom stereocenters. The van der Waals surface area contributed by atoms with Crippen LogP contribution >= 0.6 is 0 Å². The predicted octanol–water partition coefficient (Wildman–Crippen LogP) is 6.75. The van der Waals surface area contributed by atoms with E-state index in [0.717, 1.165) is 38.9 Å². The summed E-state index contributed by atoms with van der Waals surface area (Å²) in [7, 11) is 3.34. The van der Waals surface area contributed by atoms with Crippen LogP contribution in [0.4, 0.5) is 0 Å². The zero-order chi connectivity index (χ0) is 30.7. The van der Waals surface area contributed by atoms with Crippen LogP contribution in [0.5, 0.6) is 0 Å². The van der Waals surface area contributed by atoms with Gasteiger partial charge in [0.25, 0.3) is 5.91 Å². The van der Waals surface area contributed by atoms with Gasteiger partial charge in [0.2, 0.25) is 0 Å². The molecule has 5 rings (SSSR count). The molecular formula is C36H38N4O3. The van der Waals surface area contributed by atoms with Gasteiger partial charge in [-0.1, -0.05) is 79.6 Å². The molecule has 43 heavy (non-hydrogen) atoms. The first kappa shape index (κ1) is 29.7. The minimum absolute atomic E-state index is 0.0531. The van der Waals surface area contributed by atoms with Crippen LogP contribution in [0.15, 0.2) is 85.3 Å². The van der Waals surface area contributed by atoms with Crippen LogP contribution in [-0.2, 0) is 16.6 Å². The molecule has 0 saturated heterocycles. The molecule has 2 heterocycles. The van der Waals surface area contributed by atoms with Crippen LogP contribution < -0.4 is 5.32 Å². The van der Waals surface area contributed by atoms with E-state index in [1.54, 1.807) is 0 Å². The average molecular weight is 575 g/mol. The number of aromatic nitrogens is 3. The molecule has 7 heteroatoms. The number of hydrogen-bond donors (Lipinski definition) is 1. The lowest BCUT2D eigenvalue weighted by Crippen LogP contribution is -2.42. The van der Waals surface area contributed by atoms with Gasteiger partial charge in [-0.3, -0.25) is 4.79 Å². The Balaban J connectivity index is 1.66. The quantitative estimate of drug-likeness (QED) is 0.197. The zero-order valence-electron chi connectivity index (χ0n) is 25.6. The van der Waals surface area contributed by atoms with Gasteiger partial charge in [-0.2, -0.15) is 0 Å². The van der Waals surface area contributed by atoms with Crippen molar-refractivity contribution in [3.63, 3.8) is 0 Å². The second-order valence-corrected chi connectivity index (χ2v) is 11.7. The lowest BCUT2D eigenvalue weighted by Gasteiger charge is -2.21. The summed E-state index contributed by atoms with van der Waals surface area (Å²) < 4.78 is 7.02. The van der Waals surface area contributed by atoms with Gasteiger partial charge in [-0.25, -0.2) is 14.8 Å². The smallest absolute Gasteiger partial charge is 0.328 e. The molecule has 0 aliphatic carbocycles. The Bertz CT molecular complexity index is 1770. The van der Waals surface area contributed by atoms with E-state index in [-0.39, 0.29) is 17.5 Å². The molecular weight excluding hydrogens is 536 g/mol. The van der Waals surface area contributed by atoms with Crippen molar-refractivity contribution in [3.8, 4) is 11.1 Å². The summed E-state index contributed by atoms with van der Waals surface area (Å²) in [6.45, 7) is 8.13. The molecule has 0 bridgehead atoms. The number of imidazole rings is 1. The summed E-state index contributed by atoms with van der Waals surface area (Å²) in [5.74, 6) is -0.745. The highest BCUT2D eigenvalue weighted by Gasteiger charge is 2.25. The molecule has 2 unspecified atom stereocenters. The van der Waals surface area contributed by atoms with E-state index in [9.17, 15) is 9.59 Å². The number of rotatable bonds is 9. The summed E-state index contributed by atoms with van der Waals surface area (Å²) in [5.41, 5.74) is 8.46. The molecule has 0 aliphatic heterocycles. The fourth-order valence-electron chi connectivity index (χ4n) is 5.59. The number of esters is 1. The molecule has 7 nitrogen and oxygen atoms in total. The lowest BCUT2D eigenvalue weighted by atomic mass is 9.86. The number of ether oxygens (including phenoxy) is 1. The number of fused-ring (bicyclic) bond motifs is 1. The topological polar surface area (TPSA) is 86.1 Å². The van der Waals surface area contributed by atoms with Crippen molar-refractivity contribution in [2.75, 3.05) is 7.11 Å². The number of pyridine rings is 1. The highest BCUT2D eigenvalue weighted by molar-refractivity contribution is 6.02. The molecule has 220 valence electrons. The van der Waals surface area contributed by atoms with Crippen molar-refractivity contribution in [2.24, 2.45) is 13.0 Å². The number of nitrogens with one attached hydrogen (secondary N) is 1. The number of amides is 1. The van der Waals surface area contributed by atoms with Gasteiger partial charge in [0.1, 0.15) is 11.7 Å². The van der Waals surface area contributed by atoms with Gasteiger partial charge in [0, 0.05) is 24.3 Å². The van der Waals surface area contributed by atoms with Crippen molar-refractivity contribution in [1.29, 1.82) is 0 Å². The van der Waals surface area contributed by atoms with Crippen LogP contribution in [0, 0.1) is 19.8 Å². The molecule has 3 aromatic carbocycles. The minimum Gasteiger partial charge on any atom is -0.467 e. The number of hydrogen-bond acceptors (Lipinski definition) is 5. The Kier molecular flexibility index (Phi) is 8.71. The molecule has 5 aromatic rings. The summed E-state index contributed by atoms with van der Waals surface area (Å²) in [4.78, 5) is 35.2. The number of carbonyl (C=O) groups excluding carboxylic acids is 2. The second kappa shape index (κ2) is 12.6. The number of carbonyl (C=O) groups is 2. The van der Waals surface area contributed by atoms with E-state index in [4.69, 9.17) is 9.72 Å². The largest absolute Gasteiger partial charge is 0.467 e. The van der Waals surface area contributed by atoms with Crippen molar-refractivity contribution in [1.82, 2.24) is 19.9 Å². The zero-order valence-corrected chi connectivity index (χ0v) is 25.6. The van der Waals surface area contributed by atoms with Crippen molar-refractivity contribution in [3.05, 3.63) is 119 Å². The standard InChI is InChI=1S/C36H38N4O3/c1-22(2)16-32(36(42)43-6)39-35(41)31-19-28(26-9-7-8-24(4)17-26)29-18-27(14-15-30(29)38-31)34(33-20-37-21-40(33)5)25-12-10-23(3)11-13-25/h7-15,17-22,32,34H,16H2,1-6H3,(H,39,41). The van der Waals surface area contributed by atoms with E-state index in [0.29, 0.717) is 11.9 Å². The van der Waals surface area contributed by atoms with Gasteiger partial charge in [-0.15, -0.1) is 0 Å². The predicted molar refractivity (Wildman–Crippen MR) is 170 cm³/mol. The van der Waals surface area contributed by atoms with Crippen molar-refractivity contribution < 1.29 is 14.3 Å². The fourth-order valence-corrected chi connectivity index (χ4v) is 5.59. The normalized spacial score (nSPS) is 12.7. The third kappa shape index (κ3) is 6.51. The van der Waals surface area contributed by atoms with E-state index >= 15 is 0 Å². The Morgan fingerprint density at radius 3 is 2.33 bits per heavy atom.